The number of hydrogen-bond acceptors (Lipinski definition) is 5. The van der Waals surface area contributed by atoms with Gasteiger partial charge in [-0.2, -0.15) is 0 Å². The second-order valence-electron chi connectivity index (χ2n) is 6.86. The van der Waals surface area contributed by atoms with Crippen LogP contribution >= 0.6 is 0 Å². The van der Waals surface area contributed by atoms with E-state index in [4.69, 9.17) is 4.74 Å². The van der Waals surface area contributed by atoms with Gasteiger partial charge in [-0.3, -0.25) is 9.69 Å². The van der Waals surface area contributed by atoms with E-state index < -0.39 is 0 Å². The van der Waals surface area contributed by atoms with Crippen LogP contribution < -0.4 is 5.32 Å². The van der Waals surface area contributed by atoms with Crippen LogP contribution in [0.1, 0.15) is 20.3 Å². The van der Waals surface area contributed by atoms with Gasteiger partial charge >= 0.3 is 0 Å². The summed E-state index contributed by atoms with van der Waals surface area (Å²) in [5.74, 6) is -0.134. The largest absolute Gasteiger partial charge is 0.379 e. The zero-order valence-corrected chi connectivity index (χ0v) is 13.0. The number of nitrogens with one attached hydrogen (secondary N) is 1. The van der Waals surface area contributed by atoms with Crippen molar-refractivity contribution in [3.8, 4) is 0 Å². The lowest BCUT2D eigenvalue weighted by atomic mass is 10.0. The van der Waals surface area contributed by atoms with Crippen LogP contribution in [0.3, 0.4) is 0 Å². The summed E-state index contributed by atoms with van der Waals surface area (Å²) >= 11 is 0. The van der Waals surface area contributed by atoms with Crippen LogP contribution in [0.4, 0.5) is 0 Å². The van der Waals surface area contributed by atoms with Crippen molar-refractivity contribution < 1.29 is 9.53 Å². The Morgan fingerprint density at radius 1 is 1.36 bits per heavy atom. The highest BCUT2D eigenvalue weighted by Gasteiger charge is 2.39. The molecule has 116 valence electrons. The number of carbonyl (C=O) groups excluding carboxylic acids is 1. The van der Waals surface area contributed by atoms with Gasteiger partial charge in [-0.25, -0.2) is 0 Å². The van der Waals surface area contributed by atoms with Crippen LogP contribution in [-0.4, -0.2) is 49.2 Å². The average Bonchev–Trinajstić information content (AvgIpc) is 2.94. The first-order chi connectivity index (χ1) is 10.5. The molecule has 2 aliphatic heterocycles. The van der Waals surface area contributed by atoms with Crippen molar-refractivity contribution in [1.29, 1.82) is 0 Å². The minimum atomic E-state index is -0.317. The van der Waals surface area contributed by atoms with Gasteiger partial charge in [0, 0.05) is 37.2 Å². The summed E-state index contributed by atoms with van der Waals surface area (Å²) in [6.45, 7) is 8.24. The number of allylic oxidation sites excluding steroid dienone is 3. The minimum absolute atomic E-state index is 0.134. The highest BCUT2D eigenvalue weighted by Crippen LogP contribution is 2.51. The maximum absolute atomic E-state index is 12.5. The third kappa shape index (κ3) is 2.42. The SMILES string of the molecule is CC(C)(CN1CCOCC1)NC(=O)C1=C2C=C3CC3=C2N=N1. The number of ether oxygens (including phenoxy) is 1. The van der Waals surface area contributed by atoms with E-state index in [2.05, 4.69) is 26.5 Å². The smallest absolute Gasteiger partial charge is 0.272 e. The van der Waals surface area contributed by atoms with Gasteiger partial charge in [-0.15, -0.1) is 10.2 Å². The monoisotopic (exact) mass is 300 g/mol. The lowest BCUT2D eigenvalue weighted by Crippen LogP contribution is -2.53. The number of azo groups is 1. The fraction of sp³-hybridized carbons (Fsp3) is 0.562. The van der Waals surface area contributed by atoms with E-state index in [1.165, 1.54) is 11.1 Å². The van der Waals surface area contributed by atoms with Crippen molar-refractivity contribution in [3.63, 3.8) is 0 Å². The van der Waals surface area contributed by atoms with E-state index in [1.807, 2.05) is 13.8 Å². The molecule has 1 N–H and O–H groups in total. The van der Waals surface area contributed by atoms with Gasteiger partial charge in [-0.05, 0) is 31.1 Å². The highest BCUT2D eigenvalue weighted by molar-refractivity contribution is 5.97. The Kier molecular flexibility index (Phi) is 3.06. The van der Waals surface area contributed by atoms with Crippen molar-refractivity contribution >= 4 is 5.91 Å². The minimum Gasteiger partial charge on any atom is -0.379 e. The molecule has 4 aliphatic rings. The van der Waals surface area contributed by atoms with Crippen LogP contribution in [0.15, 0.2) is 44.4 Å². The van der Waals surface area contributed by atoms with Gasteiger partial charge in [0.1, 0.15) is 0 Å². The lowest BCUT2D eigenvalue weighted by molar-refractivity contribution is -0.119. The Morgan fingerprint density at radius 3 is 2.91 bits per heavy atom. The first-order valence-electron chi connectivity index (χ1n) is 7.77. The summed E-state index contributed by atoms with van der Waals surface area (Å²) in [5.41, 5.74) is 4.51. The Bertz CT molecular complexity index is 664. The zero-order chi connectivity index (χ0) is 15.3. The first kappa shape index (κ1) is 13.8. The first-order valence-corrected chi connectivity index (χ1v) is 7.77. The van der Waals surface area contributed by atoms with E-state index in [1.54, 1.807) is 0 Å². The molecule has 2 heterocycles. The number of morpholine rings is 1. The van der Waals surface area contributed by atoms with Gasteiger partial charge in [-0.1, -0.05) is 0 Å². The number of carbonyl (C=O) groups is 1. The van der Waals surface area contributed by atoms with E-state index in [0.717, 1.165) is 50.5 Å². The Hall–Kier alpha value is -1.79. The molecule has 2 fully saturated rings. The Morgan fingerprint density at radius 2 is 2.14 bits per heavy atom. The zero-order valence-electron chi connectivity index (χ0n) is 13.0. The lowest BCUT2D eigenvalue weighted by Gasteiger charge is -2.35. The number of hydrogen-bond donors (Lipinski definition) is 1. The third-order valence-electron chi connectivity index (χ3n) is 4.38. The predicted molar refractivity (Wildman–Crippen MR) is 81.1 cm³/mol. The van der Waals surface area contributed by atoms with Gasteiger partial charge in [0.2, 0.25) is 0 Å². The number of fused-ring (bicyclic) bond motifs is 2. The summed E-state index contributed by atoms with van der Waals surface area (Å²) in [4.78, 5) is 14.9. The number of nitrogens with zero attached hydrogens (tertiary/aromatic N) is 3. The molecule has 2 aliphatic carbocycles. The van der Waals surface area contributed by atoms with E-state index in [-0.39, 0.29) is 11.4 Å². The molecule has 0 aromatic rings. The molecular weight excluding hydrogens is 280 g/mol. The van der Waals surface area contributed by atoms with Crippen molar-refractivity contribution in [1.82, 2.24) is 10.2 Å². The molecular formula is C16H20N4O2. The summed E-state index contributed by atoms with van der Waals surface area (Å²) in [6.07, 6.45) is 3.06. The summed E-state index contributed by atoms with van der Waals surface area (Å²) in [7, 11) is 0. The molecule has 6 nitrogen and oxygen atoms in total. The topological polar surface area (TPSA) is 66.3 Å². The quantitative estimate of drug-likeness (QED) is 0.856. The molecule has 0 unspecified atom stereocenters. The van der Waals surface area contributed by atoms with E-state index >= 15 is 0 Å². The summed E-state index contributed by atoms with van der Waals surface area (Å²) < 4.78 is 5.36. The predicted octanol–water partition coefficient (Wildman–Crippen LogP) is 1.53. The maximum Gasteiger partial charge on any atom is 0.272 e. The molecule has 0 aromatic carbocycles. The highest BCUT2D eigenvalue weighted by atomic mass is 16.5. The van der Waals surface area contributed by atoms with Crippen LogP contribution in [0.2, 0.25) is 0 Å². The molecule has 4 rings (SSSR count). The molecule has 1 amide bonds. The van der Waals surface area contributed by atoms with Gasteiger partial charge in [0.25, 0.3) is 5.91 Å². The summed E-state index contributed by atoms with van der Waals surface area (Å²) in [5, 5.41) is 11.3. The fourth-order valence-electron chi connectivity index (χ4n) is 3.27. The fourth-order valence-corrected chi connectivity index (χ4v) is 3.27. The number of rotatable bonds is 4. The van der Waals surface area contributed by atoms with Crippen LogP contribution in [-0.2, 0) is 9.53 Å². The van der Waals surface area contributed by atoms with Gasteiger partial charge < -0.3 is 10.1 Å². The molecule has 0 radical (unpaired) electrons. The van der Waals surface area contributed by atoms with Crippen LogP contribution in [0.5, 0.6) is 0 Å². The standard InChI is InChI=1S/C16H20N4O2/c1-16(2,9-20-3-5-22-6-4-20)17-15(21)14-12-8-10-7-11(10)13(12)18-19-14/h8H,3-7,9H2,1-2H3,(H,17,21). The molecule has 1 saturated carbocycles. The van der Waals surface area contributed by atoms with Crippen molar-refractivity contribution in [2.45, 2.75) is 25.8 Å². The second kappa shape index (κ2) is 4.86. The molecule has 0 atom stereocenters. The molecule has 22 heavy (non-hydrogen) atoms. The van der Waals surface area contributed by atoms with Gasteiger partial charge in [0.15, 0.2) is 5.70 Å². The van der Waals surface area contributed by atoms with Crippen molar-refractivity contribution in [2.75, 3.05) is 32.8 Å². The maximum atomic E-state index is 12.5. The second-order valence-corrected chi connectivity index (χ2v) is 6.86. The number of amides is 1. The molecule has 0 aromatic heterocycles. The Balaban J connectivity index is 1.43. The Labute approximate surface area is 129 Å². The van der Waals surface area contributed by atoms with Gasteiger partial charge in [0.05, 0.1) is 18.9 Å². The average molecular weight is 300 g/mol. The molecule has 0 spiro atoms. The van der Waals surface area contributed by atoms with Crippen LogP contribution in [0.25, 0.3) is 0 Å². The molecule has 6 heteroatoms. The molecule has 1 saturated heterocycles. The van der Waals surface area contributed by atoms with Crippen LogP contribution in [0, 0.1) is 0 Å². The van der Waals surface area contributed by atoms with Crippen molar-refractivity contribution in [2.24, 2.45) is 10.2 Å². The van der Waals surface area contributed by atoms with E-state index in [0.29, 0.717) is 5.70 Å². The summed E-state index contributed by atoms with van der Waals surface area (Å²) in [6, 6.07) is 0. The normalized spacial score (nSPS) is 23.6. The third-order valence-corrected chi connectivity index (χ3v) is 4.38. The van der Waals surface area contributed by atoms with E-state index in [9.17, 15) is 4.79 Å². The molecule has 0 bridgehead atoms. The van der Waals surface area contributed by atoms with Crippen molar-refractivity contribution in [3.05, 3.63) is 34.2 Å².